The molecule has 1 amide bonds. The number of fused-ring (bicyclic) bond motifs is 1. The first-order chi connectivity index (χ1) is 7.22. The average molecular weight is 220 g/mol. The fourth-order valence-corrected chi connectivity index (χ4v) is 1.49. The van der Waals surface area contributed by atoms with Crippen LogP contribution in [-0.2, 0) is 4.79 Å². The molecule has 15 heavy (non-hydrogen) atoms. The van der Waals surface area contributed by atoms with E-state index in [1.54, 1.807) is 30.1 Å². The molecule has 0 N–H and O–H groups in total. The Morgan fingerprint density at radius 2 is 2.40 bits per heavy atom. The first-order valence-corrected chi connectivity index (χ1v) is 4.74. The second kappa shape index (κ2) is 3.81. The summed E-state index contributed by atoms with van der Waals surface area (Å²) in [4.78, 5) is 16.7. The van der Waals surface area contributed by atoms with Crippen molar-refractivity contribution in [1.29, 1.82) is 0 Å². The van der Waals surface area contributed by atoms with Crippen molar-refractivity contribution in [2.75, 3.05) is 18.6 Å². The van der Waals surface area contributed by atoms with E-state index in [-0.39, 0.29) is 12.5 Å². The smallest absolute Gasteiger partial charge is 0.264 e. The van der Waals surface area contributed by atoms with E-state index in [4.69, 9.17) is 4.74 Å². The van der Waals surface area contributed by atoms with Gasteiger partial charge in [0.1, 0.15) is 5.75 Å². The molecule has 76 valence electrons. The Bertz CT molecular complexity index is 466. The third kappa shape index (κ3) is 1.75. The van der Waals surface area contributed by atoms with Crippen molar-refractivity contribution in [3.8, 4) is 5.75 Å². The molecule has 5 heteroatoms. The molecular weight excluding hydrogens is 212 g/mol. The average Bonchev–Trinajstić information content (AvgIpc) is 2.25. The molecule has 2 rings (SSSR count). The molecule has 0 atom stereocenters. The molecule has 1 aliphatic heterocycles. The van der Waals surface area contributed by atoms with Gasteiger partial charge in [0.15, 0.2) is 6.61 Å². The number of carbonyl (C=O) groups is 1. The molecule has 1 aliphatic rings. The van der Waals surface area contributed by atoms with Gasteiger partial charge < -0.3 is 9.64 Å². The van der Waals surface area contributed by atoms with Gasteiger partial charge in [-0.1, -0.05) is 0 Å². The van der Waals surface area contributed by atoms with Crippen LogP contribution < -0.4 is 9.64 Å². The van der Waals surface area contributed by atoms with Gasteiger partial charge in [-0.25, -0.2) is 0 Å². The normalized spacial score (nSPS) is 13.9. The zero-order valence-corrected chi connectivity index (χ0v) is 8.87. The summed E-state index contributed by atoms with van der Waals surface area (Å²) < 4.78 is 5.26. The number of nitrogens with zero attached hydrogens (tertiary/aromatic N) is 2. The molecular formula is C10H8N2O2S. The maximum atomic E-state index is 11.4. The number of thiocarbonyl (C=S) groups is 1. The van der Waals surface area contributed by atoms with Gasteiger partial charge in [-0.15, -0.1) is 0 Å². The van der Waals surface area contributed by atoms with Crippen LogP contribution in [0.4, 0.5) is 11.4 Å². The number of rotatable bonds is 1. The van der Waals surface area contributed by atoms with E-state index >= 15 is 0 Å². The Morgan fingerprint density at radius 1 is 1.60 bits per heavy atom. The molecule has 4 nitrogen and oxygen atoms in total. The van der Waals surface area contributed by atoms with Crippen LogP contribution in [0.1, 0.15) is 0 Å². The van der Waals surface area contributed by atoms with Crippen LogP contribution in [0.25, 0.3) is 0 Å². The van der Waals surface area contributed by atoms with Crippen LogP contribution in [0, 0.1) is 0 Å². The quantitative estimate of drug-likeness (QED) is 0.535. The molecule has 0 unspecified atom stereocenters. The van der Waals surface area contributed by atoms with Gasteiger partial charge in [0.2, 0.25) is 0 Å². The summed E-state index contributed by atoms with van der Waals surface area (Å²) in [6.45, 7) is 0.0826. The van der Waals surface area contributed by atoms with Crippen molar-refractivity contribution in [2.45, 2.75) is 0 Å². The number of isothiocyanates is 1. The summed E-state index contributed by atoms with van der Waals surface area (Å²) in [5.41, 5.74) is 1.37. The topological polar surface area (TPSA) is 41.9 Å². The predicted molar refractivity (Wildman–Crippen MR) is 60.0 cm³/mol. The number of anilines is 1. The molecule has 0 saturated carbocycles. The van der Waals surface area contributed by atoms with Gasteiger partial charge in [0, 0.05) is 7.05 Å². The first kappa shape index (κ1) is 9.83. The van der Waals surface area contributed by atoms with Crippen LogP contribution in [0.5, 0.6) is 5.75 Å². The minimum atomic E-state index is -0.0778. The summed E-state index contributed by atoms with van der Waals surface area (Å²) in [5.74, 6) is 0.603. The van der Waals surface area contributed by atoms with Crippen LogP contribution >= 0.6 is 12.2 Å². The zero-order valence-electron chi connectivity index (χ0n) is 8.06. The summed E-state index contributed by atoms with van der Waals surface area (Å²) >= 11 is 4.51. The number of benzene rings is 1. The van der Waals surface area contributed by atoms with Crippen molar-refractivity contribution >= 4 is 34.7 Å². The van der Waals surface area contributed by atoms with Gasteiger partial charge in [-0.2, -0.15) is 4.99 Å². The molecule has 0 aliphatic carbocycles. The highest BCUT2D eigenvalue weighted by Crippen LogP contribution is 2.34. The number of hydrogen-bond donors (Lipinski definition) is 0. The van der Waals surface area contributed by atoms with Crippen LogP contribution in [0.3, 0.4) is 0 Å². The van der Waals surface area contributed by atoms with Gasteiger partial charge in [0.05, 0.1) is 16.5 Å². The standard InChI is InChI=1S/C10H8N2O2S/c1-12-8-4-7(11-6-15)2-3-9(8)14-5-10(12)13/h2-4H,5H2,1H3. The Labute approximate surface area is 92.2 Å². The number of carbonyl (C=O) groups excluding carboxylic acids is 1. The summed E-state index contributed by atoms with van der Waals surface area (Å²) in [6, 6.07) is 5.28. The highest BCUT2D eigenvalue weighted by atomic mass is 32.1. The molecule has 0 spiro atoms. The number of likely N-dealkylation sites (N-methyl/N-ethyl adjacent to an activating group) is 1. The second-order valence-corrected chi connectivity index (χ2v) is 3.28. The SMILES string of the molecule is CN1C(=O)COc2ccc(N=C=S)cc21. The zero-order chi connectivity index (χ0) is 10.8. The maximum Gasteiger partial charge on any atom is 0.264 e. The number of ether oxygens (including phenoxy) is 1. The highest BCUT2D eigenvalue weighted by molar-refractivity contribution is 7.78. The molecule has 0 radical (unpaired) electrons. The van der Waals surface area contributed by atoms with E-state index in [9.17, 15) is 4.79 Å². The fourth-order valence-electron chi connectivity index (χ4n) is 1.38. The summed E-state index contributed by atoms with van der Waals surface area (Å²) in [5, 5.41) is 2.28. The number of aliphatic imine (C=N–C) groups is 1. The molecule has 0 fully saturated rings. The van der Waals surface area contributed by atoms with Gasteiger partial charge >= 0.3 is 0 Å². The number of hydrogen-bond acceptors (Lipinski definition) is 4. The summed E-state index contributed by atoms with van der Waals surface area (Å²) in [6.07, 6.45) is 0. The van der Waals surface area contributed by atoms with Crippen LogP contribution in [0.2, 0.25) is 0 Å². The molecule has 0 bridgehead atoms. The lowest BCUT2D eigenvalue weighted by Gasteiger charge is -2.25. The lowest BCUT2D eigenvalue weighted by molar-refractivity contribution is -0.120. The van der Waals surface area contributed by atoms with Gasteiger partial charge in [-0.05, 0) is 30.4 Å². The fraction of sp³-hybridized carbons (Fsp3) is 0.200. The lowest BCUT2D eigenvalue weighted by Crippen LogP contribution is -2.35. The third-order valence-electron chi connectivity index (χ3n) is 2.20. The second-order valence-electron chi connectivity index (χ2n) is 3.10. The molecule has 1 aromatic carbocycles. The number of amides is 1. The van der Waals surface area contributed by atoms with Crippen LogP contribution in [0.15, 0.2) is 23.2 Å². The highest BCUT2D eigenvalue weighted by Gasteiger charge is 2.21. The summed E-state index contributed by atoms with van der Waals surface area (Å²) in [7, 11) is 1.70. The minimum Gasteiger partial charge on any atom is -0.482 e. The Hall–Kier alpha value is -1.71. The van der Waals surface area contributed by atoms with Gasteiger partial charge in [-0.3, -0.25) is 4.79 Å². The van der Waals surface area contributed by atoms with Crippen molar-refractivity contribution in [3.05, 3.63) is 18.2 Å². The van der Waals surface area contributed by atoms with E-state index < -0.39 is 0 Å². The predicted octanol–water partition coefficient (Wildman–Crippen LogP) is 1.78. The minimum absolute atomic E-state index is 0.0778. The van der Waals surface area contributed by atoms with Crippen molar-refractivity contribution in [1.82, 2.24) is 0 Å². The largest absolute Gasteiger partial charge is 0.482 e. The Morgan fingerprint density at radius 3 is 3.13 bits per heavy atom. The molecule has 0 saturated heterocycles. The van der Waals surface area contributed by atoms with Crippen molar-refractivity contribution < 1.29 is 9.53 Å². The van der Waals surface area contributed by atoms with Crippen LogP contribution in [-0.4, -0.2) is 24.7 Å². The Balaban J connectivity index is 2.49. The van der Waals surface area contributed by atoms with E-state index in [1.165, 1.54) is 0 Å². The molecule has 1 heterocycles. The monoisotopic (exact) mass is 220 g/mol. The van der Waals surface area contributed by atoms with E-state index in [0.717, 1.165) is 0 Å². The van der Waals surface area contributed by atoms with Gasteiger partial charge in [0.25, 0.3) is 5.91 Å². The van der Waals surface area contributed by atoms with E-state index in [2.05, 4.69) is 22.4 Å². The lowest BCUT2D eigenvalue weighted by atomic mass is 10.2. The molecule has 1 aromatic rings. The Kier molecular flexibility index (Phi) is 2.49. The first-order valence-electron chi connectivity index (χ1n) is 4.33. The molecule has 0 aromatic heterocycles. The maximum absolute atomic E-state index is 11.4. The van der Waals surface area contributed by atoms with E-state index in [0.29, 0.717) is 17.1 Å². The van der Waals surface area contributed by atoms with Crippen molar-refractivity contribution in [2.24, 2.45) is 4.99 Å². The third-order valence-corrected chi connectivity index (χ3v) is 2.30. The van der Waals surface area contributed by atoms with Crippen molar-refractivity contribution in [3.63, 3.8) is 0 Å². The van der Waals surface area contributed by atoms with E-state index in [1.807, 2.05) is 0 Å².